The highest BCUT2D eigenvalue weighted by Crippen LogP contribution is 2.11. The molecule has 0 radical (unpaired) electrons. The minimum Gasteiger partial charge on any atom is -0.306 e. The fourth-order valence-corrected chi connectivity index (χ4v) is 2.00. The van der Waals surface area contributed by atoms with E-state index in [0.717, 1.165) is 31.8 Å². The van der Waals surface area contributed by atoms with Gasteiger partial charge >= 0.3 is 0 Å². The Morgan fingerprint density at radius 2 is 1.94 bits per heavy atom. The number of nitrogens with zero attached hydrogens (tertiary/aromatic N) is 1. The van der Waals surface area contributed by atoms with Crippen LogP contribution in [0.3, 0.4) is 0 Å². The molecule has 16 heavy (non-hydrogen) atoms. The van der Waals surface area contributed by atoms with Crippen LogP contribution >= 0.6 is 11.6 Å². The first-order valence-corrected chi connectivity index (χ1v) is 6.47. The highest BCUT2D eigenvalue weighted by Gasteiger charge is 2.01. The molecule has 0 aliphatic carbocycles. The largest absolute Gasteiger partial charge is 0.306 e. The Balaban J connectivity index is 2.42. The fourth-order valence-electron chi connectivity index (χ4n) is 1.88. The molecular weight excluding hydrogens is 218 g/mol. The molecule has 0 unspecified atom stereocenters. The standard InChI is InChI=1S/C14H22ClN/c1-12-5-6-14(13(2)11-12)7-10-16(3)9-4-8-15/h5-6,11H,4,7-10H2,1-3H3. The van der Waals surface area contributed by atoms with E-state index in [1.807, 2.05) is 0 Å². The monoisotopic (exact) mass is 239 g/mol. The summed E-state index contributed by atoms with van der Waals surface area (Å²) in [6.07, 6.45) is 2.20. The minimum absolute atomic E-state index is 0.758. The molecule has 0 aliphatic heterocycles. The number of aryl methyl sites for hydroxylation is 2. The van der Waals surface area contributed by atoms with Gasteiger partial charge in [-0.3, -0.25) is 0 Å². The van der Waals surface area contributed by atoms with E-state index in [2.05, 4.69) is 44.0 Å². The second kappa shape index (κ2) is 6.93. The molecule has 0 saturated carbocycles. The predicted octanol–water partition coefficient (Wildman–Crippen LogP) is 3.41. The zero-order valence-electron chi connectivity index (χ0n) is 10.6. The Morgan fingerprint density at radius 1 is 1.19 bits per heavy atom. The molecule has 0 aromatic heterocycles. The Morgan fingerprint density at radius 3 is 2.56 bits per heavy atom. The van der Waals surface area contributed by atoms with Crippen LogP contribution in [0.4, 0.5) is 0 Å². The lowest BCUT2D eigenvalue weighted by molar-refractivity contribution is 0.339. The first kappa shape index (κ1) is 13.5. The summed E-state index contributed by atoms with van der Waals surface area (Å²) in [6, 6.07) is 6.70. The number of benzene rings is 1. The van der Waals surface area contributed by atoms with Crippen LogP contribution in [-0.2, 0) is 6.42 Å². The summed E-state index contributed by atoms with van der Waals surface area (Å²) < 4.78 is 0. The van der Waals surface area contributed by atoms with Crippen molar-refractivity contribution in [3.63, 3.8) is 0 Å². The van der Waals surface area contributed by atoms with Gasteiger partial charge in [-0.05, 0) is 51.4 Å². The lowest BCUT2D eigenvalue weighted by Crippen LogP contribution is -2.22. The molecule has 0 heterocycles. The van der Waals surface area contributed by atoms with Gasteiger partial charge in [0.15, 0.2) is 0 Å². The molecule has 1 nitrogen and oxygen atoms in total. The van der Waals surface area contributed by atoms with E-state index in [0.29, 0.717) is 0 Å². The molecule has 0 fully saturated rings. The minimum atomic E-state index is 0.758. The third-order valence-corrected chi connectivity index (χ3v) is 3.20. The fraction of sp³-hybridized carbons (Fsp3) is 0.571. The number of likely N-dealkylation sites (N-methyl/N-ethyl adjacent to an activating group) is 1. The number of hydrogen-bond acceptors (Lipinski definition) is 1. The van der Waals surface area contributed by atoms with Crippen LogP contribution in [-0.4, -0.2) is 30.9 Å². The van der Waals surface area contributed by atoms with Gasteiger partial charge in [0, 0.05) is 12.4 Å². The molecular formula is C14H22ClN. The van der Waals surface area contributed by atoms with Gasteiger partial charge in [-0.2, -0.15) is 0 Å². The molecule has 0 saturated heterocycles. The molecule has 0 atom stereocenters. The Bertz CT molecular complexity index is 323. The maximum absolute atomic E-state index is 5.68. The molecule has 0 bridgehead atoms. The lowest BCUT2D eigenvalue weighted by atomic mass is 10.0. The lowest BCUT2D eigenvalue weighted by Gasteiger charge is -2.16. The second-order valence-corrected chi connectivity index (χ2v) is 4.90. The van der Waals surface area contributed by atoms with Gasteiger partial charge < -0.3 is 4.90 Å². The number of hydrogen-bond donors (Lipinski definition) is 0. The SMILES string of the molecule is Cc1ccc(CCN(C)CCCCl)c(C)c1. The van der Waals surface area contributed by atoms with Gasteiger partial charge in [-0.15, -0.1) is 11.6 Å². The Hall–Kier alpha value is -0.530. The summed E-state index contributed by atoms with van der Waals surface area (Å²) in [4.78, 5) is 2.35. The van der Waals surface area contributed by atoms with Crippen LogP contribution in [0.2, 0.25) is 0 Å². The van der Waals surface area contributed by atoms with E-state index in [9.17, 15) is 0 Å². The Labute approximate surface area is 104 Å². The third-order valence-electron chi connectivity index (χ3n) is 2.93. The molecule has 0 N–H and O–H groups in total. The summed E-state index contributed by atoms with van der Waals surface area (Å²) in [6.45, 7) is 6.54. The molecule has 90 valence electrons. The summed E-state index contributed by atoms with van der Waals surface area (Å²) >= 11 is 5.68. The number of halogens is 1. The van der Waals surface area contributed by atoms with E-state index in [4.69, 9.17) is 11.6 Å². The van der Waals surface area contributed by atoms with Gasteiger partial charge in [0.05, 0.1) is 0 Å². The average Bonchev–Trinajstić information content (AvgIpc) is 2.25. The van der Waals surface area contributed by atoms with Crippen molar-refractivity contribution in [2.24, 2.45) is 0 Å². The normalized spacial score (nSPS) is 11.1. The van der Waals surface area contributed by atoms with Crippen LogP contribution in [0.5, 0.6) is 0 Å². The van der Waals surface area contributed by atoms with Crippen LogP contribution in [0.1, 0.15) is 23.1 Å². The first-order valence-electron chi connectivity index (χ1n) is 5.94. The first-order chi connectivity index (χ1) is 7.63. The van der Waals surface area contributed by atoms with Gasteiger partial charge in [0.25, 0.3) is 0 Å². The van der Waals surface area contributed by atoms with Crippen LogP contribution < -0.4 is 0 Å². The van der Waals surface area contributed by atoms with Crippen molar-refractivity contribution in [2.75, 3.05) is 26.0 Å². The van der Waals surface area contributed by atoms with E-state index in [1.165, 1.54) is 16.7 Å². The maximum atomic E-state index is 5.68. The van der Waals surface area contributed by atoms with Crippen LogP contribution in [0.15, 0.2) is 18.2 Å². The molecule has 1 rings (SSSR count). The maximum Gasteiger partial charge on any atom is 0.0235 e. The van der Waals surface area contributed by atoms with Crippen molar-refractivity contribution in [3.8, 4) is 0 Å². The van der Waals surface area contributed by atoms with Gasteiger partial charge in [0.2, 0.25) is 0 Å². The van der Waals surface area contributed by atoms with Crippen molar-refractivity contribution in [1.82, 2.24) is 4.90 Å². The zero-order chi connectivity index (χ0) is 12.0. The topological polar surface area (TPSA) is 3.24 Å². The van der Waals surface area contributed by atoms with E-state index in [-0.39, 0.29) is 0 Å². The van der Waals surface area contributed by atoms with Crippen molar-refractivity contribution < 1.29 is 0 Å². The van der Waals surface area contributed by atoms with Gasteiger partial charge in [-0.1, -0.05) is 23.8 Å². The summed E-state index contributed by atoms with van der Waals surface area (Å²) in [7, 11) is 2.16. The molecule has 0 aliphatic rings. The summed E-state index contributed by atoms with van der Waals surface area (Å²) in [5.74, 6) is 0.758. The van der Waals surface area contributed by atoms with E-state index < -0.39 is 0 Å². The third kappa shape index (κ3) is 4.54. The van der Waals surface area contributed by atoms with E-state index >= 15 is 0 Å². The molecule has 0 amide bonds. The number of alkyl halides is 1. The summed E-state index contributed by atoms with van der Waals surface area (Å²) in [5, 5.41) is 0. The van der Waals surface area contributed by atoms with Crippen molar-refractivity contribution in [2.45, 2.75) is 26.7 Å². The van der Waals surface area contributed by atoms with Crippen molar-refractivity contribution in [1.29, 1.82) is 0 Å². The zero-order valence-corrected chi connectivity index (χ0v) is 11.3. The van der Waals surface area contributed by atoms with Crippen LogP contribution in [0.25, 0.3) is 0 Å². The molecule has 1 aromatic carbocycles. The van der Waals surface area contributed by atoms with Crippen molar-refractivity contribution >= 4 is 11.6 Å². The smallest absolute Gasteiger partial charge is 0.0235 e. The van der Waals surface area contributed by atoms with Crippen molar-refractivity contribution in [3.05, 3.63) is 34.9 Å². The summed E-state index contributed by atoms with van der Waals surface area (Å²) in [5.41, 5.74) is 4.21. The van der Waals surface area contributed by atoms with E-state index in [1.54, 1.807) is 0 Å². The Kier molecular flexibility index (Phi) is 5.86. The van der Waals surface area contributed by atoms with Crippen LogP contribution in [0, 0.1) is 13.8 Å². The quantitative estimate of drug-likeness (QED) is 0.688. The average molecular weight is 240 g/mol. The molecule has 1 aromatic rings. The molecule has 0 spiro atoms. The predicted molar refractivity (Wildman–Crippen MR) is 72.5 cm³/mol. The second-order valence-electron chi connectivity index (χ2n) is 4.53. The number of rotatable bonds is 6. The van der Waals surface area contributed by atoms with Gasteiger partial charge in [0.1, 0.15) is 0 Å². The molecule has 2 heteroatoms. The van der Waals surface area contributed by atoms with Gasteiger partial charge in [-0.25, -0.2) is 0 Å². The highest BCUT2D eigenvalue weighted by molar-refractivity contribution is 6.17. The highest BCUT2D eigenvalue weighted by atomic mass is 35.5.